The zero-order valence-corrected chi connectivity index (χ0v) is 14.2. The van der Waals surface area contributed by atoms with Crippen molar-refractivity contribution in [1.29, 1.82) is 0 Å². The molecule has 120 valence electrons. The lowest BCUT2D eigenvalue weighted by molar-refractivity contribution is 0.0815. The van der Waals surface area contributed by atoms with Gasteiger partial charge in [0.05, 0.1) is 6.61 Å². The van der Waals surface area contributed by atoms with E-state index in [0.717, 1.165) is 32.2 Å². The number of rotatable bonds is 12. The molecule has 0 saturated heterocycles. The maximum Gasteiger partial charge on any atom is 0.0720 e. The van der Waals surface area contributed by atoms with E-state index in [9.17, 15) is 0 Å². The smallest absolute Gasteiger partial charge is 0.0720 e. The van der Waals surface area contributed by atoms with E-state index in [4.69, 9.17) is 4.74 Å². The molecule has 1 rings (SSSR count). The van der Waals surface area contributed by atoms with Crippen molar-refractivity contribution in [3.05, 3.63) is 35.4 Å². The van der Waals surface area contributed by atoms with Gasteiger partial charge in [-0.1, -0.05) is 64.3 Å². The minimum Gasteiger partial charge on any atom is -0.376 e. The van der Waals surface area contributed by atoms with E-state index in [2.05, 4.69) is 50.4 Å². The molecule has 1 aromatic carbocycles. The third kappa shape index (κ3) is 7.63. The first-order valence-electron chi connectivity index (χ1n) is 8.66. The van der Waals surface area contributed by atoms with Gasteiger partial charge in [-0.15, -0.1) is 0 Å². The molecule has 0 aliphatic carbocycles. The molecule has 0 spiro atoms. The maximum absolute atomic E-state index is 5.99. The van der Waals surface area contributed by atoms with Gasteiger partial charge in [0, 0.05) is 13.2 Å². The van der Waals surface area contributed by atoms with Crippen LogP contribution in [0.5, 0.6) is 0 Å². The summed E-state index contributed by atoms with van der Waals surface area (Å²) in [5.41, 5.74) is 2.69. The molecule has 0 radical (unpaired) electrons. The Morgan fingerprint density at radius 3 is 2.48 bits per heavy atom. The SMILES string of the molecule is CCCCC(CC)COCc1ccccc1CNCCC. The fourth-order valence-corrected chi connectivity index (χ4v) is 2.50. The Kier molecular flexibility index (Phi) is 10.2. The van der Waals surface area contributed by atoms with Gasteiger partial charge in [-0.25, -0.2) is 0 Å². The van der Waals surface area contributed by atoms with E-state index in [1.165, 1.54) is 43.2 Å². The normalized spacial score (nSPS) is 12.5. The number of nitrogens with one attached hydrogen (secondary N) is 1. The molecule has 0 aliphatic heterocycles. The minimum absolute atomic E-state index is 0.718. The Morgan fingerprint density at radius 1 is 1.05 bits per heavy atom. The van der Waals surface area contributed by atoms with Gasteiger partial charge in [0.25, 0.3) is 0 Å². The highest BCUT2D eigenvalue weighted by Crippen LogP contribution is 2.15. The van der Waals surface area contributed by atoms with Gasteiger partial charge in [0.2, 0.25) is 0 Å². The summed E-state index contributed by atoms with van der Waals surface area (Å²) >= 11 is 0. The molecule has 21 heavy (non-hydrogen) atoms. The topological polar surface area (TPSA) is 21.3 Å². The van der Waals surface area contributed by atoms with Crippen LogP contribution in [0, 0.1) is 5.92 Å². The predicted octanol–water partition coefficient (Wildman–Crippen LogP) is 4.92. The lowest BCUT2D eigenvalue weighted by atomic mass is 10.0. The summed E-state index contributed by atoms with van der Waals surface area (Å²) in [6, 6.07) is 8.62. The quantitative estimate of drug-likeness (QED) is 0.552. The van der Waals surface area contributed by atoms with Crippen molar-refractivity contribution in [2.75, 3.05) is 13.2 Å². The van der Waals surface area contributed by atoms with Crippen LogP contribution in [-0.2, 0) is 17.9 Å². The first-order valence-corrected chi connectivity index (χ1v) is 8.66. The Bertz CT molecular complexity index is 364. The van der Waals surface area contributed by atoms with E-state index in [0.29, 0.717) is 0 Å². The van der Waals surface area contributed by atoms with Gasteiger partial charge in [-0.2, -0.15) is 0 Å². The van der Waals surface area contributed by atoms with Crippen LogP contribution in [0.2, 0.25) is 0 Å². The molecular weight excluding hydrogens is 258 g/mol. The van der Waals surface area contributed by atoms with Crippen molar-refractivity contribution >= 4 is 0 Å². The maximum atomic E-state index is 5.99. The van der Waals surface area contributed by atoms with Crippen LogP contribution in [0.3, 0.4) is 0 Å². The summed E-state index contributed by atoms with van der Waals surface area (Å²) in [6.45, 7) is 10.4. The van der Waals surface area contributed by atoms with Crippen molar-refractivity contribution in [2.45, 2.75) is 66.0 Å². The van der Waals surface area contributed by atoms with Crippen LogP contribution in [0.1, 0.15) is 64.0 Å². The summed E-state index contributed by atoms with van der Waals surface area (Å²) in [5, 5.41) is 3.47. The molecule has 0 fully saturated rings. The predicted molar refractivity (Wildman–Crippen MR) is 91.4 cm³/mol. The van der Waals surface area contributed by atoms with Gasteiger partial charge in [-0.3, -0.25) is 0 Å². The van der Waals surface area contributed by atoms with E-state index >= 15 is 0 Å². The highest BCUT2D eigenvalue weighted by molar-refractivity contribution is 5.26. The molecule has 0 aromatic heterocycles. The molecule has 0 heterocycles. The second kappa shape index (κ2) is 11.8. The molecule has 1 N–H and O–H groups in total. The largest absolute Gasteiger partial charge is 0.376 e. The van der Waals surface area contributed by atoms with Crippen LogP contribution in [0.25, 0.3) is 0 Å². The summed E-state index contributed by atoms with van der Waals surface area (Å²) in [7, 11) is 0. The molecular formula is C19H33NO. The molecule has 0 amide bonds. The third-order valence-corrected chi connectivity index (χ3v) is 4.02. The van der Waals surface area contributed by atoms with E-state index in [-0.39, 0.29) is 0 Å². The van der Waals surface area contributed by atoms with Crippen LogP contribution in [0.4, 0.5) is 0 Å². The molecule has 1 atom stereocenters. The summed E-state index contributed by atoms with van der Waals surface area (Å²) in [5.74, 6) is 0.718. The van der Waals surface area contributed by atoms with Crippen LogP contribution in [-0.4, -0.2) is 13.2 Å². The van der Waals surface area contributed by atoms with Crippen LogP contribution >= 0.6 is 0 Å². The fourth-order valence-electron chi connectivity index (χ4n) is 2.50. The van der Waals surface area contributed by atoms with E-state index in [1.54, 1.807) is 0 Å². The van der Waals surface area contributed by atoms with E-state index in [1.807, 2.05) is 0 Å². The number of ether oxygens (including phenoxy) is 1. The van der Waals surface area contributed by atoms with Crippen LogP contribution < -0.4 is 5.32 Å². The standard InChI is InChI=1S/C19H33NO/c1-4-7-10-17(6-3)15-21-16-19-12-9-8-11-18(19)14-20-13-5-2/h8-9,11-12,17,20H,4-7,10,13-16H2,1-3H3. The highest BCUT2D eigenvalue weighted by Gasteiger charge is 2.07. The number of hydrogen-bond acceptors (Lipinski definition) is 2. The van der Waals surface area contributed by atoms with Crippen LogP contribution in [0.15, 0.2) is 24.3 Å². The van der Waals surface area contributed by atoms with Gasteiger partial charge in [0.1, 0.15) is 0 Å². The number of unbranched alkanes of at least 4 members (excludes halogenated alkanes) is 1. The zero-order chi connectivity index (χ0) is 15.3. The van der Waals surface area contributed by atoms with E-state index < -0.39 is 0 Å². The Hall–Kier alpha value is -0.860. The molecule has 1 unspecified atom stereocenters. The summed E-state index contributed by atoms with van der Waals surface area (Å²) in [6.07, 6.45) is 6.29. The lowest BCUT2D eigenvalue weighted by Gasteiger charge is -2.16. The highest BCUT2D eigenvalue weighted by atomic mass is 16.5. The van der Waals surface area contributed by atoms with Crippen molar-refractivity contribution in [3.63, 3.8) is 0 Å². The average Bonchev–Trinajstić information content (AvgIpc) is 2.52. The molecule has 0 bridgehead atoms. The lowest BCUT2D eigenvalue weighted by Crippen LogP contribution is -2.16. The molecule has 0 aliphatic rings. The van der Waals surface area contributed by atoms with Crippen molar-refractivity contribution < 1.29 is 4.74 Å². The first-order chi connectivity index (χ1) is 10.3. The Balaban J connectivity index is 2.39. The second-order valence-electron chi connectivity index (χ2n) is 5.88. The van der Waals surface area contributed by atoms with Crippen molar-refractivity contribution in [3.8, 4) is 0 Å². The third-order valence-electron chi connectivity index (χ3n) is 4.02. The first kappa shape index (κ1) is 18.2. The molecule has 1 aromatic rings. The Labute approximate surface area is 131 Å². The average molecular weight is 291 g/mol. The second-order valence-corrected chi connectivity index (χ2v) is 5.88. The molecule has 2 heteroatoms. The number of hydrogen-bond donors (Lipinski definition) is 1. The van der Waals surface area contributed by atoms with Gasteiger partial charge >= 0.3 is 0 Å². The van der Waals surface area contributed by atoms with Crippen molar-refractivity contribution in [1.82, 2.24) is 5.32 Å². The molecule has 2 nitrogen and oxygen atoms in total. The number of benzene rings is 1. The van der Waals surface area contributed by atoms with Gasteiger partial charge < -0.3 is 10.1 Å². The Morgan fingerprint density at radius 2 is 1.81 bits per heavy atom. The van der Waals surface area contributed by atoms with Gasteiger partial charge in [-0.05, 0) is 36.4 Å². The summed E-state index contributed by atoms with van der Waals surface area (Å²) < 4.78 is 5.99. The molecule has 0 saturated carbocycles. The van der Waals surface area contributed by atoms with Gasteiger partial charge in [0.15, 0.2) is 0 Å². The summed E-state index contributed by atoms with van der Waals surface area (Å²) in [4.78, 5) is 0. The monoisotopic (exact) mass is 291 g/mol. The zero-order valence-electron chi connectivity index (χ0n) is 14.2. The van der Waals surface area contributed by atoms with Crippen molar-refractivity contribution in [2.24, 2.45) is 5.92 Å². The minimum atomic E-state index is 0.718. The fraction of sp³-hybridized carbons (Fsp3) is 0.684.